The van der Waals surface area contributed by atoms with Gasteiger partial charge in [0, 0.05) is 5.56 Å². The van der Waals surface area contributed by atoms with Gasteiger partial charge in [-0.3, -0.25) is 5.10 Å². The molecule has 0 saturated carbocycles. The summed E-state index contributed by atoms with van der Waals surface area (Å²) < 4.78 is 55.8. The second kappa shape index (κ2) is 5.55. The van der Waals surface area contributed by atoms with Crippen LogP contribution in [0.3, 0.4) is 0 Å². The van der Waals surface area contributed by atoms with E-state index in [1.54, 1.807) is 6.92 Å². The maximum atomic E-state index is 13.2. The average Bonchev–Trinajstić information content (AvgIpc) is 2.88. The minimum absolute atomic E-state index is 0.00438. The Hall–Kier alpha value is -2.38. The molecule has 0 amide bonds. The topological polar surface area (TPSA) is 55.0 Å². The Balaban J connectivity index is 2.37. The van der Waals surface area contributed by atoms with Gasteiger partial charge < -0.3 is 4.74 Å². The second-order valence-corrected chi connectivity index (χ2v) is 4.08. The van der Waals surface area contributed by atoms with Crippen LogP contribution >= 0.6 is 0 Å². The Labute approximate surface area is 116 Å². The van der Waals surface area contributed by atoms with E-state index in [0.29, 0.717) is 12.1 Å². The lowest BCUT2D eigenvalue weighted by Gasteiger charge is -2.08. The molecule has 4 nitrogen and oxygen atoms in total. The van der Waals surface area contributed by atoms with E-state index >= 15 is 0 Å². The molecule has 0 bridgehead atoms. The monoisotopic (exact) mass is 302 g/mol. The first-order valence-electron chi connectivity index (χ1n) is 5.92. The molecule has 0 aliphatic heterocycles. The summed E-state index contributed by atoms with van der Waals surface area (Å²) in [5.41, 5.74) is -1.26. The minimum atomic E-state index is -4.81. The number of carbonyl (C=O) groups is 1. The smallest absolute Gasteiger partial charge is 0.419 e. The standard InChI is InChI=1S/C13H10F4N2O2/c1-2-21-12(20)11-6-10(18-19-11)7-3-4-9(14)8(5-7)13(15,16)17/h3-6H,2H2,1H3,(H,18,19). The van der Waals surface area contributed by atoms with E-state index < -0.39 is 23.5 Å². The van der Waals surface area contributed by atoms with Crippen LogP contribution in [-0.2, 0) is 10.9 Å². The summed E-state index contributed by atoms with van der Waals surface area (Å²) in [7, 11) is 0. The van der Waals surface area contributed by atoms with E-state index in [9.17, 15) is 22.4 Å². The van der Waals surface area contributed by atoms with Crippen LogP contribution < -0.4 is 0 Å². The number of aromatic amines is 1. The Morgan fingerprint density at radius 3 is 2.67 bits per heavy atom. The van der Waals surface area contributed by atoms with Crippen LogP contribution in [0.2, 0.25) is 0 Å². The van der Waals surface area contributed by atoms with Crippen molar-refractivity contribution < 1.29 is 27.1 Å². The van der Waals surface area contributed by atoms with Crippen LogP contribution in [0, 0.1) is 5.82 Å². The van der Waals surface area contributed by atoms with Gasteiger partial charge in [0.2, 0.25) is 0 Å². The number of esters is 1. The molecule has 0 atom stereocenters. The van der Waals surface area contributed by atoms with Gasteiger partial charge in [0.25, 0.3) is 0 Å². The summed E-state index contributed by atoms with van der Waals surface area (Å²) >= 11 is 0. The van der Waals surface area contributed by atoms with Crippen molar-refractivity contribution in [3.8, 4) is 11.3 Å². The molecule has 1 aromatic carbocycles. The van der Waals surface area contributed by atoms with E-state index in [4.69, 9.17) is 4.74 Å². The third kappa shape index (κ3) is 3.21. The van der Waals surface area contributed by atoms with Crippen molar-refractivity contribution in [1.82, 2.24) is 10.2 Å². The maximum absolute atomic E-state index is 13.2. The predicted molar refractivity (Wildman–Crippen MR) is 64.9 cm³/mol. The highest BCUT2D eigenvalue weighted by atomic mass is 19.4. The van der Waals surface area contributed by atoms with Crippen molar-refractivity contribution in [2.75, 3.05) is 6.61 Å². The number of carbonyl (C=O) groups excluding carboxylic acids is 1. The molecular weight excluding hydrogens is 292 g/mol. The molecule has 0 radical (unpaired) electrons. The zero-order valence-corrected chi connectivity index (χ0v) is 10.8. The first-order valence-corrected chi connectivity index (χ1v) is 5.92. The Morgan fingerprint density at radius 1 is 1.33 bits per heavy atom. The largest absolute Gasteiger partial charge is 0.461 e. The molecule has 0 spiro atoms. The van der Waals surface area contributed by atoms with E-state index in [1.165, 1.54) is 6.07 Å². The van der Waals surface area contributed by atoms with Gasteiger partial charge in [-0.25, -0.2) is 9.18 Å². The molecule has 112 valence electrons. The van der Waals surface area contributed by atoms with Crippen molar-refractivity contribution in [2.24, 2.45) is 0 Å². The van der Waals surface area contributed by atoms with Gasteiger partial charge in [0.15, 0.2) is 0 Å². The Bertz CT molecular complexity index is 664. The van der Waals surface area contributed by atoms with Crippen molar-refractivity contribution in [2.45, 2.75) is 13.1 Å². The summed E-state index contributed by atoms with van der Waals surface area (Å²) in [6.45, 7) is 1.77. The molecule has 1 N–H and O–H groups in total. The Morgan fingerprint density at radius 2 is 2.05 bits per heavy atom. The molecule has 0 fully saturated rings. The number of nitrogens with one attached hydrogen (secondary N) is 1. The van der Waals surface area contributed by atoms with Gasteiger partial charge in [-0.1, -0.05) is 0 Å². The molecule has 0 saturated heterocycles. The van der Waals surface area contributed by atoms with Gasteiger partial charge in [-0.05, 0) is 31.2 Å². The first kappa shape index (κ1) is 15.0. The van der Waals surface area contributed by atoms with Gasteiger partial charge in [0.1, 0.15) is 11.5 Å². The normalized spacial score (nSPS) is 11.5. The highest BCUT2D eigenvalue weighted by Gasteiger charge is 2.34. The molecule has 0 aliphatic rings. The summed E-state index contributed by atoms with van der Waals surface area (Å²) in [5, 5.41) is 6.09. The third-order valence-electron chi connectivity index (χ3n) is 2.64. The number of nitrogens with zero attached hydrogens (tertiary/aromatic N) is 1. The summed E-state index contributed by atoms with van der Waals surface area (Å²) in [6, 6.07) is 3.73. The molecule has 21 heavy (non-hydrogen) atoms. The van der Waals surface area contributed by atoms with Crippen LogP contribution in [0.25, 0.3) is 11.3 Å². The number of ether oxygens (including phenoxy) is 1. The number of benzene rings is 1. The maximum Gasteiger partial charge on any atom is 0.419 e. The Kier molecular flexibility index (Phi) is 3.97. The number of halogens is 4. The molecule has 2 rings (SSSR count). The highest BCUT2D eigenvalue weighted by Crippen LogP contribution is 2.33. The second-order valence-electron chi connectivity index (χ2n) is 4.08. The number of rotatable bonds is 3. The molecule has 2 aromatic rings. The van der Waals surface area contributed by atoms with Gasteiger partial charge >= 0.3 is 12.1 Å². The highest BCUT2D eigenvalue weighted by molar-refractivity contribution is 5.88. The summed E-state index contributed by atoms with van der Waals surface area (Å²) in [6.07, 6.45) is -4.81. The van der Waals surface area contributed by atoms with E-state index in [0.717, 1.165) is 6.07 Å². The quantitative estimate of drug-likeness (QED) is 0.698. The van der Waals surface area contributed by atoms with Gasteiger partial charge in [-0.15, -0.1) is 0 Å². The third-order valence-corrected chi connectivity index (χ3v) is 2.64. The van der Waals surface area contributed by atoms with Crippen molar-refractivity contribution in [3.63, 3.8) is 0 Å². The van der Waals surface area contributed by atoms with E-state index in [2.05, 4.69) is 10.2 Å². The fraction of sp³-hybridized carbons (Fsp3) is 0.231. The van der Waals surface area contributed by atoms with Crippen molar-refractivity contribution >= 4 is 5.97 Å². The molecule has 8 heteroatoms. The number of H-pyrrole nitrogens is 1. The number of hydrogen-bond donors (Lipinski definition) is 1. The first-order chi connectivity index (χ1) is 9.82. The predicted octanol–water partition coefficient (Wildman–Crippen LogP) is 3.41. The van der Waals surface area contributed by atoms with Gasteiger partial charge in [0.05, 0.1) is 17.9 Å². The van der Waals surface area contributed by atoms with Crippen molar-refractivity contribution in [1.29, 1.82) is 0 Å². The molecule has 0 unspecified atom stereocenters. The van der Waals surface area contributed by atoms with Gasteiger partial charge in [-0.2, -0.15) is 18.3 Å². The lowest BCUT2D eigenvalue weighted by atomic mass is 10.1. The molecular formula is C13H10F4N2O2. The number of alkyl halides is 3. The molecule has 1 aromatic heterocycles. The van der Waals surface area contributed by atoms with Crippen LogP contribution in [0.4, 0.5) is 17.6 Å². The summed E-state index contributed by atoms with van der Waals surface area (Å²) in [5.74, 6) is -2.04. The fourth-order valence-corrected chi connectivity index (χ4v) is 1.68. The van der Waals surface area contributed by atoms with Crippen LogP contribution in [-0.4, -0.2) is 22.8 Å². The lowest BCUT2D eigenvalue weighted by Crippen LogP contribution is -2.08. The average molecular weight is 302 g/mol. The fourth-order valence-electron chi connectivity index (χ4n) is 1.68. The molecule has 0 aliphatic carbocycles. The minimum Gasteiger partial charge on any atom is -0.461 e. The summed E-state index contributed by atoms with van der Waals surface area (Å²) in [4.78, 5) is 11.4. The van der Waals surface area contributed by atoms with Crippen molar-refractivity contribution in [3.05, 3.63) is 41.3 Å². The SMILES string of the molecule is CCOC(=O)c1cc(-c2ccc(F)c(C(F)(F)F)c2)n[nH]1. The van der Waals surface area contributed by atoms with E-state index in [1.807, 2.05) is 0 Å². The number of hydrogen-bond acceptors (Lipinski definition) is 3. The van der Waals surface area contributed by atoms with Crippen LogP contribution in [0.15, 0.2) is 24.3 Å². The van der Waals surface area contributed by atoms with Crippen LogP contribution in [0.5, 0.6) is 0 Å². The molecule has 1 heterocycles. The van der Waals surface area contributed by atoms with Crippen LogP contribution in [0.1, 0.15) is 23.0 Å². The zero-order chi connectivity index (χ0) is 15.6. The number of aromatic nitrogens is 2. The zero-order valence-electron chi connectivity index (χ0n) is 10.8. The lowest BCUT2D eigenvalue weighted by molar-refractivity contribution is -0.139. The van der Waals surface area contributed by atoms with E-state index in [-0.39, 0.29) is 23.6 Å².